The molecule has 1 fully saturated rings. The summed E-state index contributed by atoms with van der Waals surface area (Å²) in [6, 6.07) is 0. The van der Waals surface area contributed by atoms with Gasteiger partial charge < -0.3 is 10.6 Å². The predicted octanol–water partition coefficient (Wildman–Crippen LogP) is 2.71. The van der Waals surface area contributed by atoms with Gasteiger partial charge in [0.1, 0.15) is 0 Å². The van der Waals surface area contributed by atoms with Crippen molar-refractivity contribution in [1.29, 1.82) is 0 Å². The third-order valence-corrected chi connectivity index (χ3v) is 4.02. The van der Waals surface area contributed by atoms with Gasteiger partial charge in [0.25, 0.3) is 0 Å². The normalized spacial score (nSPS) is 21.6. The summed E-state index contributed by atoms with van der Waals surface area (Å²) in [6.07, 6.45) is 8.09. The van der Waals surface area contributed by atoms with Crippen LogP contribution in [0.1, 0.15) is 58.8 Å². The average Bonchev–Trinajstić information content (AvgIpc) is 2.41. The van der Waals surface area contributed by atoms with Crippen molar-refractivity contribution in [3.05, 3.63) is 0 Å². The molecule has 1 aliphatic heterocycles. The maximum absolute atomic E-state index is 12.0. The Labute approximate surface area is 112 Å². The molecule has 3 nitrogen and oxygen atoms in total. The van der Waals surface area contributed by atoms with Gasteiger partial charge in [0.2, 0.25) is 5.91 Å². The summed E-state index contributed by atoms with van der Waals surface area (Å²) < 4.78 is 0. The standard InChI is InChI=1S/C15H30N2O/c1-3-5-8-14(4-2)15(18)17-11-9-13-7-6-10-16-12-13/h13-14,16H,3-12H2,1-2H3,(H,17,18). The zero-order chi connectivity index (χ0) is 13.2. The Kier molecular flexibility index (Phi) is 8.06. The largest absolute Gasteiger partial charge is 0.356 e. The number of carbonyl (C=O) groups is 1. The third-order valence-electron chi connectivity index (χ3n) is 4.02. The highest BCUT2D eigenvalue weighted by Gasteiger charge is 2.16. The molecule has 0 aliphatic carbocycles. The lowest BCUT2D eigenvalue weighted by atomic mass is 9.95. The smallest absolute Gasteiger partial charge is 0.223 e. The summed E-state index contributed by atoms with van der Waals surface area (Å²) in [7, 11) is 0. The number of carbonyl (C=O) groups excluding carboxylic acids is 1. The van der Waals surface area contributed by atoms with Crippen molar-refractivity contribution in [2.75, 3.05) is 19.6 Å². The molecule has 0 bridgehead atoms. The van der Waals surface area contributed by atoms with Crippen molar-refractivity contribution in [3.63, 3.8) is 0 Å². The number of nitrogens with one attached hydrogen (secondary N) is 2. The van der Waals surface area contributed by atoms with Crippen LogP contribution in [-0.4, -0.2) is 25.5 Å². The van der Waals surface area contributed by atoms with Crippen LogP contribution in [0, 0.1) is 11.8 Å². The fourth-order valence-electron chi connectivity index (χ4n) is 2.69. The summed E-state index contributed by atoms with van der Waals surface area (Å²) in [5.41, 5.74) is 0. The van der Waals surface area contributed by atoms with E-state index in [1.807, 2.05) is 0 Å². The molecule has 3 heteroatoms. The maximum atomic E-state index is 12.0. The lowest BCUT2D eigenvalue weighted by Crippen LogP contribution is -2.35. The molecule has 1 rings (SSSR count). The SMILES string of the molecule is CCCCC(CC)C(=O)NCCC1CCCNC1. The molecule has 0 radical (unpaired) electrons. The zero-order valence-corrected chi connectivity index (χ0v) is 12.1. The first-order chi connectivity index (χ1) is 8.77. The van der Waals surface area contributed by atoms with Crippen molar-refractivity contribution in [2.45, 2.75) is 58.8 Å². The van der Waals surface area contributed by atoms with Gasteiger partial charge in [-0.2, -0.15) is 0 Å². The monoisotopic (exact) mass is 254 g/mol. The van der Waals surface area contributed by atoms with Crippen LogP contribution in [0.4, 0.5) is 0 Å². The second-order valence-electron chi connectivity index (χ2n) is 5.54. The molecule has 1 aliphatic rings. The molecule has 0 aromatic carbocycles. The van der Waals surface area contributed by atoms with Gasteiger partial charge in [-0.05, 0) is 51.1 Å². The number of rotatable bonds is 8. The zero-order valence-electron chi connectivity index (χ0n) is 12.1. The van der Waals surface area contributed by atoms with Crippen molar-refractivity contribution in [3.8, 4) is 0 Å². The van der Waals surface area contributed by atoms with E-state index >= 15 is 0 Å². The van der Waals surface area contributed by atoms with Gasteiger partial charge in [-0.3, -0.25) is 4.79 Å². The fraction of sp³-hybridized carbons (Fsp3) is 0.933. The first kappa shape index (κ1) is 15.5. The number of unbranched alkanes of at least 4 members (excludes halogenated alkanes) is 1. The molecule has 0 saturated carbocycles. The highest BCUT2D eigenvalue weighted by molar-refractivity contribution is 5.78. The van der Waals surface area contributed by atoms with E-state index < -0.39 is 0 Å². The topological polar surface area (TPSA) is 41.1 Å². The van der Waals surface area contributed by atoms with E-state index in [1.165, 1.54) is 25.7 Å². The van der Waals surface area contributed by atoms with Gasteiger partial charge in [0.05, 0.1) is 0 Å². The maximum Gasteiger partial charge on any atom is 0.223 e. The van der Waals surface area contributed by atoms with Gasteiger partial charge >= 0.3 is 0 Å². The van der Waals surface area contributed by atoms with Gasteiger partial charge in [-0.1, -0.05) is 26.7 Å². The summed E-state index contributed by atoms with van der Waals surface area (Å²) >= 11 is 0. The lowest BCUT2D eigenvalue weighted by Gasteiger charge is -2.23. The quantitative estimate of drug-likeness (QED) is 0.699. The molecule has 2 atom stereocenters. The molecule has 1 saturated heterocycles. The van der Waals surface area contributed by atoms with Crippen LogP contribution < -0.4 is 10.6 Å². The molecule has 18 heavy (non-hydrogen) atoms. The molecule has 1 amide bonds. The number of piperidine rings is 1. The second-order valence-corrected chi connectivity index (χ2v) is 5.54. The first-order valence-corrected chi connectivity index (χ1v) is 7.76. The van der Waals surface area contributed by atoms with Crippen LogP contribution in [0.15, 0.2) is 0 Å². The summed E-state index contributed by atoms with van der Waals surface area (Å²) in [5.74, 6) is 1.26. The first-order valence-electron chi connectivity index (χ1n) is 7.76. The average molecular weight is 254 g/mol. The number of hydrogen-bond donors (Lipinski definition) is 2. The second kappa shape index (κ2) is 9.37. The Hall–Kier alpha value is -0.570. The number of amides is 1. The Balaban J connectivity index is 2.13. The minimum absolute atomic E-state index is 0.231. The van der Waals surface area contributed by atoms with Crippen LogP contribution in [0.2, 0.25) is 0 Å². The molecule has 2 unspecified atom stereocenters. The summed E-state index contributed by atoms with van der Waals surface area (Å²) in [4.78, 5) is 12.0. The van der Waals surface area contributed by atoms with Gasteiger partial charge in [0, 0.05) is 12.5 Å². The van der Waals surface area contributed by atoms with Gasteiger partial charge in [-0.25, -0.2) is 0 Å². The molecular weight excluding hydrogens is 224 g/mol. The van der Waals surface area contributed by atoms with Crippen molar-refractivity contribution in [2.24, 2.45) is 11.8 Å². The van der Waals surface area contributed by atoms with E-state index in [4.69, 9.17) is 0 Å². The Morgan fingerprint density at radius 2 is 2.28 bits per heavy atom. The highest BCUT2D eigenvalue weighted by atomic mass is 16.1. The minimum Gasteiger partial charge on any atom is -0.356 e. The van der Waals surface area contributed by atoms with Crippen molar-refractivity contribution < 1.29 is 4.79 Å². The lowest BCUT2D eigenvalue weighted by molar-refractivity contribution is -0.125. The van der Waals surface area contributed by atoms with E-state index in [0.29, 0.717) is 0 Å². The van der Waals surface area contributed by atoms with Crippen LogP contribution in [0.5, 0.6) is 0 Å². The molecule has 0 spiro atoms. The Morgan fingerprint density at radius 1 is 1.44 bits per heavy atom. The van der Waals surface area contributed by atoms with E-state index in [1.54, 1.807) is 0 Å². The van der Waals surface area contributed by atoms with E-state index in [9.17, 15) is 4.79 Å². The molecule has 106 valence electrons. The molecule has 1 heterocycles. The predicted molar refractivity (Wildman–Crippen MR) is 76.5 cm³/mol. The molecule has 0 aromatic rings. The van der Waals surface area contributed by atoms with Crippen LogP contribution >= 0.6 is 0 Å². The van der Waals surface area contributed by atoms with Crippen molar-refractivity contribution >= 4 is 5.91 Å². The fourth-order valence-corrected chi connectivity index (χ4v) is 2.69. The molecule has 2 N–H and O–H groups in total. The number of hydrogen-bond acceptors (Lipinski definition) is 2. The summed E-state index contributed by atoms with van der Waals surface area (Å²) in [6.45, 7) is 7.44. The van der Waals surface area contributed by atoms with Crippen LogP contribution in [0.3, 0.4) is 0 Å². The van der Waals surface area contributed by atoms with Gasteiger partial charge in [-0.15, -0.1) is 0 Å². The van der Waals surface area contributed by atoms with Crippen LogP contribution in [0.25, 0.3) is 0 Å². The van der Waals surface area contributed by atoms with Crippen molar-refractivity contribution in [1.82, 2.24) is 10.6 Å². The Morgan fingerprint density at radius 3 is 2.89 bits per heavy atom. The van der Waals surface area contributed by atoms with E-state index in [2.05, 4.69) is 24.5 Å². The minimum atomic E-state index is 0.231. The molecule has 0 aromatic heterocycles. The highest BCUT2D eigenvalue weighted by Crippen LogP contribution is 2.14. The molecular formula is C15H30N2O. The van der Waals surface area contributed by atoms with Crippen LogP contribution in [-0.2, 0) is 4.79 Å². The van der Waals surface area contributed by atoms with E-state index in [-0.39, 0.29) is 11.8 Å². The Bertz CT molecular complexity index is 225. The third kappa shape index (κ3) is 5.85. The van der Waals surface area contributed by atoms with E-state index in [0.717, 1.165) is 44.8 Å². The summed E-state index contributed by atoms with van der Waals surface area (Å²) in [5, 5.41) is 6.55. The van der Waals surface area contributed by atoms with Gasteiger partial charge in [0.15, 0.2) is 0 Å².